The fraction of sp³-hybridized carbons (Fsp3) is 0.176. The van der Waals surface area contributed by atoms with Gasteiger partial charge in [0, 0.05) is 20.9 Å². The normalized spacial score (nSPS) is 10.3. The van der Waals surface area contributed by atoms with Crippen molar-refractivity contribution in [2.75, 3.05) is 10.6 Å². The summed E-state index contributed by atoms with van der Waals surface area (Å²) in [5.74, 6) is -0.767. The highest BCUT2D eigenvalue weighted by Crippen LogP contribution is 2.22. The van der Waals surface area contributed by atoms with Crippen LogP contribution in [0.2, 0.25) is 5.02 Å². The largest absolute Gasteiger partial charge is 0.326 e. The predicted molar refractivity (Wildman–Crippen MR) is 96.9 cm³/mol. The molecule has 0 bridgehead atoms. The van der Waals surface area contributed by atoms with Crippen LogP contribution in [0.4, 0.5) is 11.4 Å². The first-order chi connectivity index (χ1) is 10.8. The fourth-order valence-corrected chi connectivity index (χ4v) is 2.50. The van der Waals surface area contributed by atoms with Gasteiger partial charge in [0.15, 0.2) is 0 Å². The zero-order chi connectivity index (χ0) is 17.0. The number of halogens is 2. The number of amides is 2. The molecule has 0 radical (unpaired) electrons. The van der Waals surface area contributed by atoms with E-state index in [0.29, 0.717) is 16.4 Å². The van der Waals surface area contributed by atoms with Crippen LogP contribution in [-0.2, 0) is 9.59 Å². The molecule has 4 nitrogen and oxygen atoms in total. The Morgan fingerprint density at radius 3 is 2.35 bits per heavy atom. The summed E-state index contributed by atoms with van der Waals surface area (Å²) in [5, 5.41) is 5.92. The fourth-order valence-electron chi connectivity index (χ4n) is 1.94. The minimum Gasteiger partial charge on any atom is -0.326 e. The second-order valence-electron chi connectivity index (χ2n) is 5.20. The van der Waals surface area contributed by atoms with Crippen molar-refractivity contribution in [2.45, 2.75) is 20.3 Å². The van der Waals surface area contributed by atoms with E-state index in [1.807, 2.05) is 26.0 Å². The summed E-state index contributed by atoms with van der Waals surface area (Å²) >= 11 is 9.31. The summed E-state index contributed by atoms with van der Waals surface area (Å²) in [4.78, 5) is 23.9. The van der Waals surface area contributed by atoms with Gasteiger partial charge in [0.05, 0.1) is 0 Å². The van der Waals surface area contributed by atoms with E-state index in [2.05, 4.69) is 26.6 Å². The van der Waals surface area contributed by atoms with E-state index in [4.69, 9.17) is 11.6 Å². The molecule has 0 saturated heterocycles. The second kappa shape index (κ2) is 7.62. The van der Waals surface area contributed by atoms with Crippen molar-refractivity contribution in [3.05, 3.63) is 57.0 Å². The summed E-state index contributed by atoms with van der Waals surface area (Å²) in [7, 11) is 0. The van der Waals surface area contributed by atoms with E-state index in [9.17, 15) is 9.59 Å². The molecule has 0 aliphatic heterocycles. The highest BCUT2D eigenvalue weighted by molar-refractivity contribution is 9.10. The molecule has 0 aliphatic carbocycles. The molecule has 120 valence electrons. The van der Waals surface area contributed by atoms with Crippen molar-refractivity contribution in [1.29, 1.82) is 0 Å². The molecule has 0 heterocycles. The monoisotopic (exact) mass is 394 g/mol. The molecule has 2 aromatic carbocycles. The average Bonchev–Trinajstić information content (AvgIpc) is 2.46. The lowest BCUT2D eigenvalue weighted by Crippen LogP contribution is -2.21. The smallest absolute Gasteiger partial charge is 0.233 e. The van der Waals surface area contributed by atoms with Gasteiger partial charge in [-0.2, -0.15) is 0 Å². The van der Waals surface area contributed by atoms with Gasteiger partial charge in [-0.1, -0.05) is 39.7 Å². The van der Waals surface area contributed by atoms with Crippen LogP contribution < -0.4 is 10.6 Å². The number of hydrogen-bond donors (Lipinski definition) is 2. The number of aryl methyl sites for hydroxylation is 2. The van der Waals surface area contributed by atoms with Crippen LogP contribution in [0.5, 0.6) is 0 Å². The Labute approximate surface area is 148 Å². The molecule has 0 fully saturated rings. The van der Waals surface area contributed by atoms with Crippen molar-refractivity contribution >= 4 is 50.7 Å². The highest BCUT2D eigenvalue weighted by Gasteiger charge is 2.12. The first-order valence-corrected chi connectivity index (χ1v) is 8.14. The van der Waals surface area contributed by atoms with E-state index in [1.165, 1.54) is 0 Å². The third-order valence-corrected chi connectivity index (χ3v) is 4.34. The van der Waals surface area contributed by atoms with Crippen molar-refractivity contribution in [3.63, 3.8) is 0 Å². The van der Waals surface area contributed by atoms with E-state index < -0.39 is 0 Å². The number of hydrogen-bond acceptors (Lipinski definition) is 2. The lowest BCUT2D eigenvalue weighted by molar-refractivity contribution is -0.123. The molecular weight excluding hydrogens is 380 g/mol. The summed E-state index contributed by atoms with van der Waals surface area (Å²) in [6.07, 6.45) is -0.266. The van der Waals surface area contributed by atoms with Gasteiger partial charge < -0.3 is 10.6 Å². The van der Waals surface area contributed by atoms with Crippen LogP contribution >= 0.6 is 27.5 Å². The molecular formula is C17H16BrClN2O2. The van der Waals surface area contributed by atoms with Gasteiger partial charge >= 0.3 is 0 Å². The number of nitrogens with one attached hydrogen (secondary N) is 2. The minimum absolute atomic E-state index is 0.266. The van der Waals surface area contributed by atoms with E-state index >= 15 is 0 Å². The summed E-state index contributed by atoms with van der Waals surface area (Å²) in [6, 6.07) is 10.7. The highest BCUT2D eigenvalue weighted by atomic mass is 79.9. The molecule has 2 rings (SSSR count). The topological polar surface area (TPSA) is 58.2 Å². The van der Waals surface area contributed by atoms with Crippen LogP contribution in [0, 0.1) is 13.8 Å². The number of anilines is 2. The Morgan fingerprint density at radius 2 is 1.65 bits per heavy atom. The van der Waals surface area contributed by atoms with Crippen LogP contribution in [0.3, 0.4) is 0 Å². The Kier molecular flexibility index (Phi) is 5.80. The van der Waals surface area contributed by atoms with Crippen LogP contribution in [0.1, 0.15) is 17.5 Å². The molecule has 6 heteroatoms. The Hall–Kier alpha value is -1.85. The Balaban J connectivity index is 1.95. The van der Waals surface area contributed by atoms with Crippen molar-refractivity contribution in [3.8, 4) is 0 Å². The molecule has 2 aromatic rings. The Bertz CT molecular complexity index is 762. The summed E-state index contributed by atoms with van der Waals surface area (Å²) < 4.78 is 0.898. The first kappa shape index (κ1) is 17.5. The maximum Gasteiger partial charge on any atom is 0.233 e. The number of benzene rings is 2. The third kappa shape index (κ3) is 5.08. The van der Waals surface area contributed by atoms with Gasteiger partial charge in [0.25, 0.3) is 0 Å². The molecule has 2 N–H and O–H groups in total. The maximum absolute atomic E-state index is 12.0. The minimum atomic E-state index is -0.390. The molecule has 0 aromatic heterocycles. The Morgan fingerprint density at radius 1 is 1.00 bits per heavy atom. The summed E-state index contributed by atoms with van der Waals surface area (Å²) in [6.45, 7) is 3.81. The standard InChI is InChI=1S/C17H16BrClN2O2/c1-10-4-6-13(8-14(10)18)20-16(22)9-17(23)21-15-7-12(19)5-3-11(15)2/h3-8H,9H2,1-2H3,(H,20,22)(H,21,23). The molecule has 0 saturated carbocycles. The number of carbonyl (C=O) groups is 2. The zero-order valence-corrected chi connectivity index (χ0v) is 15.1. The van der Waals surface area contributed by atoms with Gasteiger partial charge in [-0.3, -0.25) is 9.59 Å². The van der Waals surface area contributed by atoms with E-state index in [1.54, 1.807) is 24.3 Å². The lowest BCUT2D eigenvalue weighted by Gasteiger charge is -2.10. The van der Waals surface area contributed by atoms with Crippen molar-refractivity contribution in [1.82, 2.24) is 0 Å². The third-order valence-electron chi connectivity index (χ3n) is 3.25. The maximum atomic E-state index is 12.0. The first-order valence-electron chi connectivity index (χ1n) is 6.97. The van der Waals surface area contributed by atoms with Gasteiger partial charge in [-0.25, -0.2) is 0 Å². The number of rotatable bonds is 4. The summed E-state index contributed by atoms with van der Waals surface area (Å²) in [5.41, 5.74) is 3.19. The van der Waals surface area contributed by atoms with Crippen molar-refractivity contribution in [2.24, 2.45) is 0 Å². The molecule has 0 unspecified atom stereocenters. The van der Waals surface area contributed by atoms with Gasteiger partial charge in [-0.05, 0) is 49.2 Å². The molecule has 0 spiro atoms. The molecule has 0 atom stereocenters. The van der Waals surface area contributed by atoms with E-state index in [0.717, 1.165) is 15.6 Å². The van der Waals surface area contributed by atoms with Crippen molar-refractivity contribution < 1.29 is 9.59 Å². The average molecular weight is 396 g/mol. The van der Waals surface area contributed by atoms with Gasteiger partial charge in [0.1, 0.15) is 6.42 Å². The zero-order valence-electron chi connectivity index (χ0n) is 12.7. The van der Waals surface area contributed by atoms with Gasteiger partial charge in [-0.15, -0.1) is 0 Å². The van der Waals surface area contributed by atoms with Crippen LogP contribution in [-0.4, -0.2) is 11.8 Å². The quantitative estimate of drug-likeness (QED) is 0.738. The van der Waals surface area contributed by atoms with Crippen LogP contribution in [0.15, 0.2) is 40.9 Å². The molecule has 2 amide bonds. The van der Waals surface area contributed by atoms with E-state index in [-0.39, 0.29) is 18.2 Å². The molecule has 0 aliphatic rings. The number of carbonyl (C=O) groups excluding carboxylic acids is 2. The lowest BCUT2D eigenvalue weighted by atomic mass is 10.2. The second-order valence-corrected chi connectivity index (χ2v) is 6.49. The van der Waals surface area contributed by atoms with Gasteiger partial charge in [0.2, 0.25) is 11.8 Å². The van der Waals surface area contributed by atoms with Crippen LogP contribution in [0.25, 0.3) is 0 Å². The predicted octanol–water partition coefficient (Wildman–Crippen LogP) is 4.69. The SMILES string of the molecule is Cc1ccc(NC(=O)CC(=O)Nc2cc(Cl)ccc2C)cc1Br. The molecule has 23 heavy (non-hydrogen) atoms.